The van der Waals surface area contributed by atoms with Gasteiger partial charge in [0.05, 0.1) is 5.69 Å². The highest BCUT2D eigenvalue weighted by Gasteiger charge is 2.38. The highest BCUT2D eigenvalue weighted by atomic mass is 32.2. The summed E-state index contributed by atoms with van der Waals surface area (Å²) < 4.78 is 13.0. The lowest BCUT2D eigenvalue weighted by atomic mass is 10.2. The Morgan fingerprint density at radius 1 is 1.48 bits per heavy atom. The van der Waals surface area contributed by atoms with E-state index in [1.807, 2.05) is 6.92 Å². The molecular weight excluding hydrogens is 317 g/mol. The SMILES string of the molecule is C=CCN1C(=O)[C@@H](CC(=O)NCC)SC1=Nc1ccc(F)cc1. The van der Waals surface area contributed by atoms with Gasteiger partial charge in [-0.15, -0.1) is 6.58 Å². The molecule has 7 heteroatoms. The van der Waals surface area contributed by atoms with E-state index < -0.39 is 5.25 Å². The van der Waals surface area contributed by atoms with Gasteiger partial charge in [0.15, 0.2) is 5.17 Å². The fraction of sp³-hybridized carbons (Fsp3) is 0.312. The number of amidine groups is 1. The number of carbonyl (C=O) groups is 2. The van der Waals surface area contributed by atoms with E-state index in [4.69, 9.17) is 0 Å². The molecule has 0 radical (unpaired) electrons. The van der Waals surface area contributed by atoms with E-state index in [0.717, 1.165) is 0 Å². The van der Waals surface area contributed by atoms with Crippen LogP contribution in [0.3, 0.4) is 0 Å². The highest BCUT2D eigenvalue weighted by molar-refractivity contribution is 8.15. The van der Waals surface area contributed by atoms with Crippen LogP contribution >= 0.6 is 11.8 Å². The Morgan fingerprint density at radius 3 is 2.78 bits per heavy atom. The van der Waals surface area contributed by atoms with Crippen molar-refractivity contribution in [1.82, 2.24) is 10.2 Å². The monoisotopic (exact) mass is 335 g/mol. The first-order valence-electron chi connectivity index (χ1n) is 7.25. The summed E-state index contributed by atoms with van der Waals surface area (Å²) in [7, 11) is 0. The molecule has 2 rings (SSSR count). The zero-order chi connectivity index (χ0) is 16.8. The molecule has 1 aliphatic rings. The number of hydrogen-bond acceptors (Lipinski definition) is 4. The van der Waals surface area contributed by atoms with Crippen molar-refractivity contribution in [3.05, 3.63) is 42.7 Å². The van der Waals surface area contributed by atoms with Gasteiger partial charge in [-0.05, 0) is 31.2 Å². The van der Waals surface area contributed by atoms with Crippen molar-refractivity contribution in [2.45, 2.75) is 18.6 Å². The van der Waals surface area contributed by atoms with E-state index in [9.17, 15) is 14.0 Å². The van der Waals surface area contributed by atoms with Crippen molar-refractivity contribution in [2.24, 2.45) is 4.99 Å². The van der Waals surface area contributed by atoms with E-state index >= 15 is 0 Å². The number of halogens is 1. The molecule has 5 nitrogen and oxygen atoms in total. The second kappa shape index (κ2) is 7.92. The third-order valence-electron chi connectivity index (χ3n) is 3.13. The second-order valence-electron chi connectivity index (χ2n) is 4.87. The quantitative estimate of drug-likeness (QED) is 0.813. The first-order chi connectivity index (χ1) is 11.0. The highest BCUT2D eigenvalue weighted by Crippen LogP contribution is 2.31. The minimum atomic E-state index is -0.499. The summed E-state index contributed by atoms with van der Waals surface area (Å²) in [5.41, 5.74) is 0.550. The van der Waals surface area contributed by atoms with Gasteiger partial charge in [-0.3, -0.25) is 14.5 Å². The molecule has 23 heavy (non-hydrogen) atoms. The van der Waals surface area contributed by atoms with E-state index in [0.29, 0.717) is 23.9 Å². The molecule has 0 aromatic heterocycles. The topological polar surface area (TPSA) is 61.8 Å². The number of nitrogens with zero attached hydrogens (tertiary/aromatic N) is 2. The Bertz CT molecular complexity index is 631. The van der Waals surface area contributed by atoms with E-state index in [-0.39, 0.29) is 24.1 Å². The van der Waals surface area contributed by atoms with Crippen LogP contribution in [0, 0.1) is 5.82 Å². The first-order valence-corrected chi connectivity index (χ1v) is 8.13. The lowest BCUT2D eigenvalue weighted by molar-refractivity contribution is -0.129. The molecule has 0 unspecified atom stereocenters. The fourth-order valence-electron chi connectivity index (χ4n) is 2.09. The maximum absolute atomic E-state index is 13.0. The molecule has 1 heterocycles. The van der Waals surface area contributed by atoms with Crippen LogP contribution in [-0.4, -0.2) is 40.2 Å². The molecule has 1 N–H and O–H groups in total. The number of amides is 2. The normalized spacial score (nSPS) is 19.2. The van der Waals surface area contributed by atoms with Crippen LogP contribution in [0.1, 0.15) is 13.3 Å². The number of carbonyl (C=O) groups excluding carboxylic acids is 2. The molecular formula is C16H18FN3O2S. The summed E-state index contributed by atoms with van der Waals surface area (Å²) in [4.78, 5) is 30.0. The van der Waals surface area contributed by atoms with Crippen LogP contribution in [0.15, 0.2) is 41.9 Å². The van der Waals surface area contributed by atoms with Crippen molar-refractivity contribution in [2.75, 3.05) is 13.1 Å². The molecule has 1 aliphatic heterocycles. The molecule has 0 bridgehead atoms. The molecule has 0 spiro atoms. The maximum atomic E-state index is 13.0. The summed E-state index contributed by atoms with van der Waals surface area (Å²) in [6, 6.07) is 5.70. The van der Waals surface area contributed by atoms with Gasteiger partial charge in [0.25, 0.3) is 0 Å². The molecule has 1 fully saturated rings. The van der Waals surface area contributed by atoms with Crippen molar-refractivity contribution >= 4 is 34.4 Å². The van der Waals surface area contributed by atoms with Gasteiger partial charge in [-0.2, -0.15) is 0 Å². The Labute approximate surface area is 138 Å². The van der Waals surface area contributed by atoms with E-state index in [2.05, 4.69) is 16.9 Å². The van der Waals surface area contributed by atoms with Gasteiger partial charge in [-0.1, -0.05) is 17.8 Å². The van der Waals surface area contributed by atoms with Gasteiger partial charge in [0, 0.05) is 19.5 Å². The van der Waals surface area contributed by atoms with Gasteiger partial charge >= 0.3 is 0 Å². The first kappa shape index (κ1) is 17.2. The number of nitrogens with one attached hydrogen (secondary N) is 1. The molecule has 0 aliphatic carbocycles. The lowest BCUT2D eigenvalue weighted by Gasteiger charge is -2.13. The number of thioether (sulfide) groups is 1. The van der Waals surface area contributed by atoms with Gasteiger partial charge in [0.1, 0.15) is 11.1 Å². The zero-order valence-corrected chi connectivity index (χ0v) is 13.6. The summed E-state index contributed by atoms with van der Waals surface area (Å²) in [5.74, 6) is -0.678. The predicted molar refractivity (Wildman–Crippen MR) is 90.1 cm³/mol. The predicted octanol–water partition coefficient (Wildman–Crippen LogP) is 2.47. The fourth-order valence-corrected chi connectivity index (χ4v) is 3.25. The van der Waals surface area contributed by atoms with E-state index in [1.54, 1.807) is 6.08 Å². The molecule has 1 saturated heterocycles. The molecule has 122 valence electrons. The van der Waals surface area contributed by atoms with Crippen LogP contribution < -0.4 is 5.32 Å². The molecule has 1 aromatic carbocycles. The molecule has 1 atom stereocenters. The van der Waals surface area contributed by atoms with Crippen LogP contribution in [-0.2, 0) is 9.59 Å². The summed E-state index contributed by atoms with van der Waals surface area (Å²) >= 11 is 1.24. The van der Waals surface area contributed by atoms with Crippen LogP contribution in [0.4, 0.5) is 10.1 Å². The lowest BCUT2D eigenvalue weighted by Crippen LogP contribution is -2.34. The smallest absolute Gasteiger partial charge is 0.242 e. The van der Waals surface area contributed by atoms with Gasteiger partial charge in [0.2, 0.25) is 11.8 Å². The van der Waals surface area contributed by atoms with Crippen molar-refractivity contribution < 1.29 is 14.0 Å². The van der Waals surface area contributed by atoms with Crippen LogP contribution in [0.25, 0.3) is 0 Å². The minimum absolute atomic E-state index is 0.105. The van der Waals surface area contributed by atoms with Crippen molar-refractivity contribution in [3.8, 4) is 0 Å². The number of benzene rings is 1. The zero-order valence-electron chi connectivity index (χ0n) is 12.8. The van der Waals surface area contributed by atoms with Crippen LogP contribution in [0.5, 0.6) is 0 Å². The molecule has 0 saturated carbocycles. The second-order valence-corrected chi connectivity index (χ2v) is 6.04. The van der Waals surface area contributed by atoms with Gasteiger partial charge < -0.3 is 5.32 Å². The third-order valence-corrected chi connectivity index (χ3v) is 4.30. The molecule has 2 amide bonds. The summed E-state index contributed by atoms with van der Waals surface area (Å²) in [6.45, 7) is 6.31. The van der Waals surface area contributed by atoms with Crippen LogP contribution in [0.2, 0.25) is 0 Å². The summed E-state index contributed by atoms with van der Waals surface area (Å²) in [6.07, 6.45) is 1.71. The average molecular weight is 335 g/mol. The number of rotatable bonds is 6. The minimum Gasteiger partial charge on any atom is -0.356 e. The Kier molecular flexibility index (Phi) is 5.92. The van der Waals surface area contributed by atoms with E-state index in [1.165, 1.54) is 40.9 Å². The largest absolute Gasteiger partial charge is 0.356 e. The summed E-state index contributed by atoms with van der Waals surface area (Å²) in [5, 5.41) is 2.68. The molecule has 1 aromatic rings. The Balaban J connectivity index is 2.20. The Morgan fingerprint density at radius 2 is 2.17 bits per heavy atom. The van der Waals surface area contributed by atoms with Crippen molar-refractivity contribution in [1.29, 1.82) is 0 Å². The Hall–Kier alpha value is -2.15. The number of aliphatic imine (C=N–C) groups is 1. The van der Waals surface area contributed by atoms with Crippen molar-refractivity contribution in [3.63, 3.8) is 0 Å². The average Bonchev–Trinajstić information content (AvgIpc) is 2.79. The third kappa shape index (κ3) is 4.41. The standard InChI is InChI=1S/C16H18FN3O2S/c1-3-9-20-15(22)13(10-14(21)18-4-2)23-16(20)19-12-7-5-11(17)6-8-12/h3,5-8,13H,1,4,9-10H2,2H3,(H,18,21)/t13-/m1/s1. The maximum Gasteiger partial charge on any atom is 0.242 e. The number of hydrogen-bond donors (Lipinski definition) is 1. The van der Waals surface area contributed by atoms with Gasteiger partial charge in [-0.25, -0.2) is 9.38 Å².